The molecule has 1 saturated carbocycles. The number of likely N-dealkylation sites (tertiary alicyclic amines) is 1. The number of guanidine groups is 1. The molecule has 0 aromatic heterocycles. The van der Waals surface area contributed by atoms with Gasteiger partial charge in [-0.1, -0.05) is 37.3 Å². The molecule has 3 rings (SSSR count). The van der Waals surface area contributed by atoms with Crippen molar-refractivity contribution in [1.82, 2.24) is 15.5 Å². The lowest BCUT2D eigenvalue weighted by molar-refractivity contribution is 0.191. The summed E-state index contributed by atoms with van der Waals surface area (Å²) in [4.78, 5) is 6.97. The van der Waals surface area contributed by atoms with Crippen LogP contribution in [0.25, 0.3) is 0 Å². The Morgan fingerprint density at radius 1 is 1.21 bits per heavy atom. The molecule has 2 unspecified atom stereocenters. The molecular formula is C20H32N4. The Morgan fingerprint density at radius 2 is 1.96 bits per heavy atom. The number of aliphatic imine (C=N–C) groups is 1. The fourth-order valence-corrected chi connectivity index (χ4v) is 3.59. The number of nitrogens with one attached hydrogen (secondary N) is 2. The highest BCUT2D eigenvalue weighted by molar-refractivity contribution is 5.80. The van der Waals surface area contributed by atoms with E-state index in [-0.39, 0.29) is 0 Å². The lowest BCUT2D eigenvalue weighted by Gasteiger charge is -2.30. The SMILES string of the molecule is CN=C(NCCCN1CCC(C)CC1)NC1CC1c1ccccc1. The zero-order chi connectivity index (χ0) is 16.8. The summed E-state index contributed by atoms with van der Waals surface area (Å²) in [5.41, 5.74) is 1.43. The molecule has 24 heavy (non-hydrogen) atoms. The van der Waals surface area contributed by atoms with Crippen LogP contribution in [0, 0.1) is 5.92 Å². The maximum Gasteiger partial charge on any atom is 0.191 e. The maximum atomic E-state index is 4.37. The molecule has 1 aliphatic heterocycles. The molecule has 4 heteroatoms. The standard InChI is InChI=1S/C20H32N4/c1-16-9-13-24(14-10-16)12-6-11-22-20(21-2)23-19-15-18(19)17-7-4-3-5-8-17/h3-5,7-8,16,18-19H,6,9-15H2,1-2H3,(H2,21,22,23). The highest BCUT2D eigenvalue weighted by Crippen LogP contribution is 2.40. The van der Waals surface area contributed by atoms with E-state index >= 15 is 0 Å². The van der Waals surface area contributed by atoms with Gasteiger partial charge in [0, 0.05) is 25.6 Å². The van der Waals surface area contributed by atoms with Gasteiger partial charge in [-0.25, -0.2) is 0 Å². The van der Waals surface area contributed by atoms with Crippen molar-refractivity contribution in [3.05, 3.63) is 35.9 Å². The summed E-state index contributed by atoms with van der Waals surface area (Å²) in [5, 5.41) is 7.03. The third-order valence-electron chi connectivity index (χ3n) is 5.38. The van der Waals surface area contributed by atoms with Crippen LogP contribution in [0.15, 0.2) is 35.3 Å². The minimum atomic E-state index is 0.530. The van der Waals surface area contributed by atoms with E-state index in [1.54, 1.807) is 0 Å². The molecule has 1 heterocycles. The third-order valence-corrected chi connectivity index (χ3v) is 5.38. The van der Waals surface area contributed by atoms with Gasteiger partial charge in [-0.2, -0.15) is 0 Å². The molecule has 2 fully saturated rings. The second kappa shape index (κ2) is 8.52. The number of hydrogen-bond acceptors (Lipinski definition) is 2. The van der Waals surface area contributed by atoms with Gasteiger partial charge >= 0.3 is 0 Å². The Labute approximate surface area is 146 Å². The topological polar surface area (TPSA) is 39.7 Å². The van der Waals surface area contributed by atoms with Crippen LogP contribution in [0.5, 0.6) is 0 Å². The zero-order valence-corrected chi connectivity index (χ0v) is 15.2. The summed E-state index contributed by atoms with van der Waals surface area (Å²) < 4.78 is 0. The van der Waals surface area contributed by atoms with E-state index in [0.717, 1.165) is 18.4 Å². The van der Waals surface area contributed by atoms with Crippen LogP contribution in [0.3, 0.4) is 0 Å². The zero-order valence-electron chi connectivity index (χ0n) is 15.2. The van der Waals surface area contributed by atoms with Crippen molar-refractivity contribution in [3.63, 3.8) is 0 Å². The second-order valence-electron chi connectivity index (χ2n) is 7.38. The van der Waals surface area contributed by atoms with Crippen molar-refractivity contribution in [1.29, 1.82) is 0 Å². The molecule has 1 aromatic carbocycles. The van der Waals surface area contributed by atoms with Gasteiger partial charge in [0.05, 0.1) is 0 Å². The Bertz CT molecular complexity index is 520. The van der Waals surface area contributed by atoms with E-state index in [1.807, 2.05) is 7.05 Å². The first-order chi connectivity index (χ1) is 11.8. The second-order valence-corrected chi connectivity index (χ2v) is 7.38. The molecule has 2 aliphatic rings. The Balaban J connectivity index is 1.32. The molecule has 4 nitrogen and oxygen atoms in total. The monoisotopic (exact) mass is 328 g/mol. The lowest BCUT2D eigenvalue weighted by Crippen LogP contribution is -2.41. The molecule has 1 aromatic rings. The van der Waals surface area contributed by atoms with Gasteiger partial charge in [0.15, 0.2) is 5.96 Å². The smallest absolute Gasteiger partial charge is 0.191 e. The highest BCUT2D eigenvalue weighted by Gasteiger charge is 2.38. The van der Waals surface area contributed by atoms with Crippen molar-refractivity contribution < 1.29 is 0 Å². The fourth-order valence-electron chi connectivity index (χ4n) is 3.59. The van der Waals surface area contributed by atoms with E-state index in [2.05, 4.69) is 57.8 Å². The average Bonchev–Trinajstić information content (AvgIpc) is 3.39. The van der Waals surface area contributed by atoms with Crippen LogP contribution >= 0.6 is 0 Å². The molecule has 0 amide bonds. The van der Waals surface area contributed by atoms with Gasteiger partial charge in [0.1, 0.15) is 0 Å². The van der Waals surface area contributed by atoms with Crippen LogP contribution in [0.1, 0.15) is 44.1 Å². The molecule has 2 N–H and O–H groups in total. The molecule has 0 radical (unpaired) electrons. The van der Waals surface area contributed by atoms with Gasteiger partial charge in [-0.15, -0.1) is 0 Å². The van der Waals surface area contributed by atoms with E-state index in [9.17, 15) is 0 Å². The molecule has 132 valence electrons. The van der Waals surface area contributed by atoms with Gasteiger partial charge in [-0.3, -0.25) is 4.99 Å². The van der Waals surface area contributed by atoms with Crippen LogP contribution in [0.4, 0.5) is 0 Å². The Morgan fingerprint density at radius 3 is 2.67 bits per heavy atom. The predicted octanol–water partition coefficient (Wildman–Crippen LogP) is 2.83. The predicted molar refractivity (Wildman–Crippen MR) is 102 cm³/mol. The van der Waals surface area contributed by atoms with Crippen LogP contribution < -0.4 is 10.6 Å². The molecular weight excluding hydrogens is 296 g/mol. The summed E-state index contributed by atoms with van der Waals surface area (Å²) in [6.45, 7) is 7.11. The van der Waals surface area contributed by atoms with Crippen molar-refractivity contribution in [3.8, 4) is 0 Å². The Kier molecular flexibility index (Phi) is 6.13. The first-order valence-corrected chi connectivity index (χ1v) is 9.50. The van der Waals surface area contributed by atoms with Crippen molar-refractivity contribution in [2.75, 3.05) is 33.2 Å². The fraction of sp³-hybridized carbons (Fsp3) is 0.650. The highest BCUT2D eigenvalue weighted by atomic mass is 15.2. The largest absolute Gasteiger partial charge is 0.356 e. The molecule has 1 aliphatic carbocycles. The van der Waals surface area contributed by atoms with Gasteiger partial charge < -0.3 is 15.5 Å². The maximum absolute atomic E-state index is 4.37. The summed E-state index contributed by atoms with van der Waals surface area (Å²) in [5.74, 6) is 2.50. The number of nitrogens with zero attached hydrogens (tertiary/aromatic N) is 2. The number of piperidine rings is 1. The van der Waals surface area contributed by atoms with E-state index in [0.29, 0.717) is 12.0 Å². The minimum Gasteiger partial charge on any atom is -0.356 e. The Hall–Kier alpha value is -1.55. The van der Waals surface area contributed by atoms with Gasteiger partial charge in [-0.05, 0) is 56.8 Å². The van der Waals surface area contributed by atoms with E-state index in [4.69, 9.17) is 0 Å². The van der Waals surface area contributed by atoms with Gasteiger partial charge in [0.25, 0.3) is 0 Å². The normalized spacial score (nSPS) is 25.5. The molecule has 0 spiro atoms. The lowest BCUT2D eigenvalue weighted by atomic mass is 9.99. The van der Waals surface area contributed by atoms with E-state index in [1.165, 1.54) is 50.9 Å². The number of hydrogen-bond donors (Lipinski definition) is 2. The van der Waals surface area contributed by atoms with E-state index < -0.39 is 0 Å². The number of rotatable bonds is 6. The first-order valence-electron chi connectivity index (χ1n) is 9.50. The first kappa shape index (κ1) is 17.3. The number of benzene rings is 1. The summed E-state index contributed by atoms with van der Waals surface area (Å²) in [6.07, 6.45) is 5.11. The van der Waals surface area contributed by atoms with Crippen LogP contribution in [-0.4, -0.2) is 50.1 Å². The van der Waals surface area contributed by atoms with Crippen molar-refractivity contribution in [2.45, 2.75) is 44.6 Å². The minimum absolute atomic E-state index is 0.530. The molecule has 1 saturated heterocycles. The van der Waals surface area contributed by atoms with Crippen molar-refractivity contribution >= 4 is 5.96 Å². The molecule has 2 atom stereocenters. The summed E-state index contributed by atoms with van der Waals surface area (Å²) in [6, 6.07) is 11.3. The third kappa shape index (κ3) is 4.97. The summed E-state index contributed by atoms with van der Waals surface area (Å²) >= 11 is 0. The van der Waals surface area contributed by atoms with Gasteiger partial charge in [0.2, 0.25) is 0 Å². The quantitative estimate of drug-likeness (QED) is 0.479. The van der Waals surface area contributed by atoms with Crippen LogP contribution in [0.2, 0.25) is 0 Å². The van der Waals surface area contributed by atoms with Crippen LogP contribution in [-0.2, 0) is 0 Å². The molecule has 0 bridgehead atoms. The summed E-state index contributed by atoms with van der Waals surface area (Å²) in [7, 11) is 1.86. The average molecular weight is 329 g/mol. The van der Waals surface area contributed by atoms with Crippen molar-refractivity contribution in [2.24, 2.45) is 10.9 Å².